The summed E-state index contributed by atoms with van der Waals surface area (Å²) in [7, 11) is 0. The molecule has 0 radical (unpaired) electrons. The molecular formula is C20H15ClF3N3O. The zero-order valence-electron chi connectivity index (χ0n) is 14.7. The maximum atomic E-state index is 13.2. The first-order valence-corrected chi connectivity index (χ1v) is 9.19. The molecule has 3 aromatic rings. The van der Waals surface area contributed by atoms with Crippen molar-refractivity contribution in [2.45, 2.75) is 31.1 Å². The number of carbonyl (C=O) groups excluding carboxylic acids is 1. The summed E-state index contributed by atoms with van der Waals surface area (Å²) in [5.74, 6) is -0.278. The monoisotopic (exact) mass is 405 g/mol. The Bertz CT molecular complexity index is 1150. The fraction of sp³-hybridized carbons (Fsp3) is 0.250. The number of anilines is 1. The van der Waals surface area contributed by atoms with E-state index in [1.165, 1.54) is 6.07 Å². The Kier molecular flexibility index (Phi) is 3.46. The Labute approximate surface area is 163 Å². The second kappa shape index (κ2) is 5.52. The summed E-state index contributed by atoms with van der Waals surface area (Å²) in [5, 5.41) is 7.19. The maximum Gasteiger partial charge on any atom is 0.416 e. The summed E-state index contributed by atoms with van der Waals surface area (Å²) in [6.45, 7) is 1.91. The van der Waals surface area contributed by atoms with Crippen molar-refractivity contribution in [2.24, 2.45) is 0 Å². The Morgan fingerprint density at radius 3 is 2.71 bits per heavy atom. The Morgan fingerprint density at radius 2 is 1.96 bits per heavy atom. The number of rotatable bonds is 0. The highest BCUT2D eigenvalue weighted by Gasteiger charge is 2.53. The van der Waals surface area contributed by atoms with Crippen LogP contribution in [0.5, 0.6) is 0 Å². The first-order valence-electron chi connectivity index (χ1n) is 8.81. The fourth-order valence-electron chi connectivity index (χ4n) is 4.42. The zero-order chi connectivity index (χ0) is 19.8. The Morgan fingerprint density at radius 1 is 1.18 bits per heavy atom. The van der Waals surface area contributed by atoms with Crippen LogP contribution in [0.1, 0.15) is 29.3 Å². The van der Waals surface area contributed by atoms with Gasteiger partial charge < -0.3 is 10.3 Å². The molecule has 1 amide bonds. The highest BCUT2D eigenvalue weighted by Crippen LogP contribution is 2.47. The quantitative estimate of drug-likeness (QED) is 0.513. The van der Waals surface area contributed by atoms with Crippen molar-refractivity contribution >= 4 is 34.1 Å². The van der Waals surface area contributed by atoms with Crippen molar-refractivity contribution < 1.29 is 18.0 Å². The molecule has 1 spiro atoms. The van der Waals surface area contributed by atoms with Gasteiger partial charge in [-0.1, -0.05) is 11.6 Å². The SMILES string of the molecule is CC1Cc2c([nH]c3ccc(C(F)(F)F)cc23)C2(N1)C(=O)Nc1ccc(Cl)cc12. The van der Waals surface area contributed by atoms with Gasteiger partial charge in [-0.3, -0.25) is 10.1 Å². The van der Waals surface area contributed by atoms with Crippen LogP contribution in [0.2, 0.25) is 5.02 Å². The molecule has 5 rings (SSSR count). The smallest absolute Gasteiger partial charge is 0.356 e. The number of hydrogen-bond donors (Lipinski definition) is 3. The molecule has 28 heavy (non-hydrogen) atoms. The average molecular weight is 406 g/mol. The Hall–Kier alpha value is -2.51. The number of alkyl halides is 3. The summed E-state index contributed by atoms with van der Waals surface area (Å²) in [4.78, 5) is 16.3. The van der Waals surface area contributed by atoms with E-state index in [-0.39, 0.29) is 11.9 Å². The van der Waals surface area contributed by atoms with E-state index in [0.717, 1.165) is 17.7 Å². The van der Waals surface area contributed by atoms with E-state index >= 15 is 0 Å². The molecular weight excluding hydrogens is 391 g/mol. The highest BCUT2D eigenvalue weighted by molar-refractivity contribution is 6.31. The van der Waals surface area contributed by atoms with E-state index in [4.69, 9.17) is 11.6 Å². The second-order valence-electron chi connectivity index (χ2n) is 7.38. The topological polar surface area (TPSA) is 56.9 Å². The van der Waals surface area contributed by atoms with Crippen molar-refractivity contribution in [3.63, 3.8) is 0 Å². The normalized spacial score (nSPS) is 23.8. The number of amides is 1. The molecule has 0 saturated carbocycles. The van der Waals surface area contributed by atoms with Gasteiger partial charge in [0.05, 0.1) is 11.3 Å². The van der Waals surface area contributed by atoms with Gasteiger partial charge >= 0.3 is 6.18 Å². The minimum atomic E-state index is -4.43. The van der Waals surface area contributed by atoms with E-state index in [1.54, 1.807) is 18.2 Å². The minimum absolute atomic E-state index is 0.128. The predicted octanol–water partition coefficient (Wildman–Crippen LogP) is 4.57. The molecule has 0 bridgehead atoms. The summed E-state index contributed by atoms with van der Waals surface area (Å²) in [6, 6.07) is 8.63. The number of aromatic nitrogens is 1. The van der Waals surface area contributed by atoms with Gasteiger partial charge in [-0.05, 0) is 55.3 Å². The number of benzene rings is 2. The molecule has 3 N–H and O–H groups in total. The summed E-state index contributed by atoms with van der Waals surface area (Å²) < 4.78 is 39.7. The first kappa shape index (κ1) is 17.6. The highest BCUT2D eigenvalue weighted by atomic mass is 35.5. The molecule has 2 unspecified atom stereocenters. The first-order chi connectivity index (χ1) is 13.2. The average Bonchev–Trinajstić information content (AvgIpc) is 3.11. The van der Waals surface area contributed by atoms with Crippen LogP contribution in [0.3, 0.4) is 0 Å². The second-order valence-corrected chi connectivity index (χ2v) is 7.82. The molecule has 0 saturated heterocycles. The van der Waals surface area contributed by atoms with Crippen LogP contribution in [-0.4, -0.2) is 16.9 Å². The number of H-pyrrole nitrogens is 1. The van der Waals surface area contributed by atoms with Crippen LogP contribution in [0, 0.1) is 0 Å². The van der Waals surface area contributed by atoms with Gasteiger partial charge in [0.25, 0.3) is 5.91 Å². The van der Waals surface area contributed by atoms with Gasteiger partial charge in [-0.2, -0.15) is 13.2 Å². The molecule has 0 fully saturated rings. The lowest BCUT2D eigenvalue weighted by atomic mass is 9.80. The van der Waals surface area contributed by atoms with Gasteiger partial charge in [-0.25, -0.2) is 0 Å². The maximum absolute atomic E-state index is 13.2. The largest absolute Gasteiger partial charge is 0.416 e. The lowest BCUT2D eigenvalue weighted by molar-refractivity contribution is -0.137. The fourth-order valence-corrected chi connectivity index (χ4v) is 4.59. The van der Waals surface area contributed by atoms with Gasteiger partial charge in [0.15, 0.2) is 5.54 Å². The molecule has 2 aliphatic heterocycles. The number of fused-ring (bicyclic) bond motifs is 6. The van der Waals surface area contributed by atoms with E-state index in [1.807, 2.05) is 6.92 Å². The lowest BCUT2D eigenvalue weighted by Gasteiger charge is -2.37. The van der Waals surface area contributed by atoms with Crippen LogP contribution in [0.4, 0.5) is 18.9 Å². The van der Waals surface area contributed by atoms with Crippen LogP contribution in [0.15, 0.2) is 36.4 Å². The van der Waals surface area contributed by atoms with Crippen LogP contribution >= 0.6 is 11.6 Å². The molecule has 2 aromatic carbocycles. The number of hydrogen-bond acceptors (Lipinski definition) is 2. The number of halogens is 4. The third-order valence-corrected chi connectivity index (χ3v) is 5.79. The lowest BCUT2D eigenvalue weighted by Crippen LogP contribution is -2.56. The van der Waals surface area contributed by atoms with Crippen LogP contribution in [0.25, 0.3) is 10.9 Å². The standard InChI is InChI=1S/C20H15ClF3N3O/c1-9-6-13-12-7-10(20(22,23)24)2-4-15(12)25-17(13)19(27-9)14-8-11(21)3-5-16(14)26-18(19)28/h2-5,7-9,25,27H,6H2,1H3,(H,26,28). The van der Waals surface area contributed by atoms with E-state index < -0.39 is 17.3 Å². The number of carbonyl (C=O) groups is 1. The predicted molar refractivity (Wildman–Crippen MR) is 100 cm³/mol. The van der Waals surface area contributed by atoms with Crippen molar-refractivity contribution in [1.29, 1.82) is 0 Å². The zero-order valence-corrected chi connectivity index (χ0v) is 15.4. The molecule has 4 nitrogen and oxygen atoms in total. The van der Waals surface area contributed by atoms with Crippen molar-refractivity contribution in [1.82, 2.24) is 10.3 Å². The molecule has 3 heterocycles. The van der Waals surface area contributed by atoms with Crippen molar-refractivity contribution in [3.05, 3.63) is 63.8 Å². The number of aromatic amines is 1. The molecule has 1 aromatic heterocycles. The third-order valence-electron chi connectivity index (χ3n) is 5.56. The molecule has 144 valence electrons. The summed E-state index contributed by atoms with van der Waals surface area (Å²) in [5.41, 5.74) is 1.23. The summed E-state index contributed by atoms with van der Waals surface area (Å²) in [6.07, 6.45) is -3.93. The van der Waals surface area contributed by atoms with Crippen molar-refractivity contribution in [2.75, 3.05) is 5.32 Å². The van der Waals surface area contributed by atoms with Gasteiger partial charge in [0.1, 0.15) is 0 Å². The van der Waals surface area contributed by atoms with Gasteiger partial charge in [0.2, 0.25) is 0 Å². The van der Waals surface area contributed by atoms with Gasteiger partial charge in [-0.15, -0.1) is 0 Å². The molecule has 8 heteroatoms. The van der Waals surface area contributed by atoms with E-state index in [2.05, 4.69) is 15.6 Å². The van der Waals surface area contributed by atoms with Gasteiger partial charge in [0, 0.05) is 33.2 Å². The van der Waals surface area contributed by atoms with Crippen LogP contribution < -0.4 is 10.6 Å². The van der Waals surface area contributed by atoms with Crippen LogP contribution in [-0.2, 0) is 22.9 Å². The minimum Gasteiger partial charge on any atom is -0.356 e. The third kappa shape index (κ3) is 2.26. The number of nitrogens with one attached hydrogen (secondary N) is 3. The van der Waals surface area contributed by atoms with E-state index in [0.29, 0.717) is 39.3 Å². The van der Waals surface area contributed by atoms with Crippen molar-refractivity contribution in [3.8, 4) is 0 Å². The van der Waals surface area contributed by atoms with E-state index in [9.17, 15) is 18.0 Å². The molecule has 0 aliphatic carbocycles. The summed E-state index contributed by atoms with van der Waals surface area (Å²) >= 11 is 6.18. The molecule has 2 atom stereocenters. The molecule has 2 aliphatic rings. The Balaban J connectivity index is 1.82.